The van der Waals surface area contributed by atoms with Gasteiger partial charge in [0.25, 0.3) is 0 Å². The van der Waals surface area contributed by atoms with E-state index in [4.69, 9.17) is 9.47 Å². The number of methoxy groups -OCH3 is 1. The topological polar surface area (TPSA) is 66.2 Å². The molecule has 0 saturated carbocycles. The van der Waals surface area contributed by atoms with Crippen molar-refractivity contribution in [1.29, 1.82) is 0 Å². The van der Waals surface area contributed by atoms with Gasteiger partial charge in [0, 0.05) is 12.5 Å². The average molecular weight is 309 g/mol. The standard InChI is InChI=1S/C17H15N3O3/c1-12(21)23-17-6-4-3-5-15(17)16-11-20(19-18-16)13-7-9-14(22-2)10-8-13/h3-11H,1-2H3. The summed E-state index contributed by atoms with van der Waals surface area (Å²) < 4.78 is 12.0. The molecule has 23 heavy (non-hydrogen) atoms. The number of ether oxygens (including phenoxy) is 2. The molecule has 0 atom stereocenters. The molecule has 1 heterocycles. The highest BCUT2D eigenvalue weighted by atomic mass is 16.5. The number of aromatic nitrogens is 3. The van der Waals surface area contributed by atoms with Gasteiger partial charge < -0.3 is 9.47 Å². The maximum atomic E-state index is 11.2. The van der Waals surface area contributed by atoms with Crippen molar-refractivity contribution in [1.82, 2.24) is 15.0 Å². The molecule has 0 radical (unpaired) electrons. The van der Waals surface area contributed by atoms with Crippen LogP contribution < -0.4 is 9.47 Å². The van der Waals surface area contributed by atoms with Gasteiger partial charge in [0.1, 0.15) is 17.2 Å². The highest BCUT2D eigenvalue weighted by Crippen LogP contribution is 2.28. The normalized spacial score (nSPS) is 10.3. The van der Waals surface area contributed by atoms with Crippen LogP contribution in [0.5, 0.6) is 11.5 Å². The van der Waals surface area contributed by atoms with Crippen LogP contribution in [0.1, 0.15) is 6.92 Å². The van der Waals surface area contributed by atoms with Crippen LogP contribution >= 0.6 is 0 Å². The summed E-state index contributed by atoms with van der Waals surface area (Å²) in [5.41, 5.74) is 2.19. The number of para-hydroxylation sites is 1. The van der Waals surface area contributed by atoms with Crippen molar-refractivity contribution in [3.63, 3.8) is 0 Å². The molecule has 0 fully saturated rings. The van der Waals surface area contributed by atoms with Crippen LogP contribution in [0.3, 0.4) is 0 Å². The van der Waals surface area contributed by atoms with E-state index in [9.17, 15) is 4.79 Å². The van der Waals surface area contributed by atoms with Crippen molar-refractivity contribution < 1.29 is 14.3 Å². The molecule has 6 heteroatoms. The Bertz CT molecular complexity index is 825. The Morgan fingerprint density at radius 1 is 1.09 bits per heavy atom. The number of hydrogen-bond donors (Lipinski definition) is 0. The van der Waals surface area contributed by atoms with Gasteiger partial charge in [-0.05, 0) is 36.4 Å². The molecule has 0 aliphatic carbocycles. The molecule has 0 aliphatic heterocycles. The third kappa shape index (κ3) is 3.21. The Morgan fingerprint density at radius 2 is 1.83 bits per heavy atom. The molecule has 0 saturated heterocycles. The number of carbonyl (C=O) groups is 1. The summed E-state index contributed by atoms with van der Waals surface area (Å²) in [4.78, 5) is 11.2. The van der Waals surface area contributed by atoms with E-state index in [0.29, 0.717) is 17.0 Å². The van der Waals surface area contributed by atoms with Crippen LogP contribution in [-0.2, 0) is 4.79 Å². The van der Waals surface area contributed by atoms with Crippen molar-refractivity contribution in [3.8, 4) is 28.4 Å². The summed E-state index contributed by atoms with van der Waals surface area (Å²) in [5, 5.41) is 8.29. The van der Waals surface area contributed by atoms with Crippen LogP contribution in [-0.4, -0.2) is 28.1 Å². The van der Waals surface area contributed by atoms with E-state index < -0.39 is 0 Å². The summed E-state index contributed by atoms with van der Waals surface area (Å²) in [6.07, 6.45) is 1.78. The number of nitrogens with zero attached hydrogens (tertiary/aromatic N) is 3. The van der Waals surface area contributed by atoms with Crippen molar-refractivity contribution in [2.24, 2.45) is 0 Å². The number of rotatable bonds is 4. The van der Waals surface area contributed by atoms with Gasteiger partial charge in [-0.1, -0.05) is 17.3 Å². The zero-order valence-electron chi connectivity index (χ0n) is 12.8. The van der Waals surface area contributed by atoms with Gasteiger partial charge in [-0.3, -0.25) is 4.79 Å². The molecule has 1 aromatic heterocycles. The molecule has 3 aromatic rings. The number of carbonyl (C=O) groups excluding carboxylic acids is 1. The van der Waals surface area contributed by atoms with Crippen LogP contribution in [0.15, 0.2) is 54.7 Å². The molecule has 116 valence electrons. The smallest absolute Gasteiger partial charge is 0.308 e. The molecule has 0 bridgehead atoms. The maximum Gasteiger partial charge on any atom is 0.308 e. The molecule has 0 aliphatic rings. The number of hydrogen-bond acceptors (Lipinski definition) is 5. The Labute approximate surface area is 133 Å². The van der Waals surface area contributed by atoms with Crippen molar-refractivity contribution in [2.45, 2.75) is 6.92 Å². The first-order valence-electron chi connectivity index (χ1n) is 7.02. The molecule has 3 rings (SSSR count). The molecular formula is C17H15N3O3. The quantitative estimate of drug-likeness (QED) is 0.547. The van der Waals surface area contributed by atoms with E-state index in [-0.39, 0.29) is 5.97 Å². The first kappa shape index (κ1) is 14.8. The van der Waals surface area contributed by atoms with E-state index in [1.54, 1.807) is 30.1 Å². The van der Waals surface area contributed by atoms with Crippen molar-refractivity contribution in [2.75, 3.05) is 7.11 Å². The Morgan fingerprint density at radius 3 is 2.52 bits per heavy atom. The predicted octanol–water partition coefficient (Wildman–Crippen LogP) is 2.87. The predicted molar refractivity (Wildman–Crippen MR) is 84.7 cm³/mol. The van der Waals surface area contributed by atoms with E-state index in [1.807, 2.05) is 36.4 Å². The Balaban J connectivity index is 1.94. The summed E-state index contributed by atoms with van der Waals surface area (Å²) in [6.45, 7) is 1.37. The highest BCUT2D eigenvalue weighted by Gasteiger charge is 2.12. The van der Waals surface area contributed by atoms with Gasteiger partial charge in [-0.15, -0.1) is 5.10 Å². The molecule has 6 nitrogen and oxygen atoms in total. The fraction of sp³-hybridized carbons (Fsp3) is 0.118. The minimum atomic E-state index is -0.375. The minimum Gasteiger partial charge on any atom is -0.497 e. The zero-order valence-corrected chi connectivity index (χ0v) is 12.8. The molecule has 0 amide bonds. The first-order chi connectivity index (χ1) is 11.2. The van der Waals surface area contributed by atoms with E-state index >= 15 is 0 Å². The fourth-order valence-electron chi connectivity index (χ4n) is 2.17. The molecular weight excluding hydrogens is 294 g/mol. The number of benzene rings is 2. The van der Waals surface area contributed by atoms with Crippen LogP contribution in [0.4, 0.5) is 0 Å². The van der Waals surface area contributed by atoms with E-state index in [2.05, 4.69) is 10.3 Å². The van der Waals surface area contributed by atoms with Gasteiger partial charge in [0.05, 0.1) is 19.0 Å². The highest BCUT2D eigenvalue weighted by molar-refractivity contribution is 5.75. The second-order valence-electron chi connectivity index (χ2n) is 4.84. The van der Waals surface area contributed by atoms with Crippen molar-refractivity contribution >= 4 is 5.97 Å². The molecule has 0 unspecified atom stereocenters. The van der Waals surface area contributed by atoms with Gasteiger partial charge in [0.15, 0.2) is 0 Å². The third-order valence-electron chi connectivity index (χ3n) is 3.25. The second-order valence-corrected chi connectivity index (χ2v) is 4.84. The lowest BCUT2D eigenvalue weighted by atomic mass is 10.1. The first-order valence-corrected chi connectivity index (χ1v) is 7.02. The molecule has 0 spiro atoms. The molecule has 2 aromatic carbocycles. The lowest BCUT2D eigenvalue weighted by Gasteiger charge is -2.05. The van der Waals surface area contributed by atoms with E-state index in [1.165, 1.54) is 6.92 Å². The SMILES string of the molecule is COc1ccc(-n2cc(-c3ccccc3OC(C)=O)nn2)cc1. The Kier molecular flexibility index (Phi) is 4.05. The molecule has 0 N–H and O–H groups in total. The van der Waals surface area contributed by atoms with Gasteiger partial charge in [-0.2, -0.15) is 0 Å². The number of esters is 1. The average Bonchev–Trinajstić information content (AvgIpc) is 3.05. The van der Waals surface area contributed by atoms with Gasteiger partial charge in [0.2, 0.25) is 0 Å². The lowest BCUT2D eigenvalue weighted by Crippen LogP contribution is -2.02. The fourth-order valence-corrected chi connectivity index (χ4v) is 2.17. The summed E-state index contributed by atoms with van der Waals surface area (Å²) in [7, 11) is 1.62. The van der Waals surface area contributed by atoms with Crippen LogP contribution in [0, 0.1) is 0 Å². The van der Waals surface area contributed by atoms with Crippen LogP contribution in [0.25, 0.3) is 16.9 Å². The van der Waals surface area contributed by atoms with Crippen LogP contribution in [0.2, 0.25) is 0 Å². The van der Waals surface area contributed by atoms with Gasteiger partial charge >= 0.3 is 5.97 Å². The largest absolute Gasteiger partial charge is 0.497 e. The zero-order chi connectivity index (χ0) is 16.2. The summed E-state index contributed by atoms with van der Waals surface area (Å²) >= 11 is 0. The van der Waals surface area contributed by atoms with E-state index in [0.717, 1.165) is 11.4 Å². The summed E-state index contributed by atoms with van der Waals surface area (Å²) in [5.74, 6) is 0.857. The maximum absolute atomic E-state index is 11.2. The lowest BCUT2D eigenvalue weighted by molar-refractivity contribution is -0.131. The third-order valence-corrected chi connectivity index (χ3v) is 3.25. The monoisotopic (exact) mass is 309 g/mol. The second kappa shape index (κ2) is 6.31. The summed E-state index contributed by atoms with van der Waals surface area (Å²) in [6, 6.07) is 14.7. The van der Waals surface area contributed by atoms with Crippen molar-refractivity contribution in [3.05, 3.63) is 54.7 Å². The minimum absolute atomic E-state index is 0.375. The Hall–Kier alpha value is -3.15. The van der Waals surface area contributed by atoms with Gasteiger partial charge in [-0.25, -0.2) is 4.68 Å².